The Bertz CT molecular complexity index is 1610. The minimum absolute atomic E-state index is 0.0809. The van der Waals surface area contributed by atoms with Gasteiger partial charge in [-0.2, -0.15) is 9.61 Å². The van der Waals surface area contributed by atoms with Crippen molar-refractivity contribution >= 4 is 55.9 Å². The number of rotatable bonds is 14. The van der Waals surface area contributed by atoms with Crippen LogP contribution in [0.2, 0.25) is 51.4 Å². The van der Waals surface area contributed by atoms with Crippen LogP contribution in [0.5, 0.6) is 0 Å². The van der Waals surface area contributed by atoms with E-state index in [-0.39, 0.29) is 24.1 Å². The number of carbonyl (C=O) groups is 2. The molecule has 3 aromatic heterocycles. The molecule has 2 saturated heterocycles. The lowest BCUT2D eigenvalue weighted by atomic mass is 9.88. The number of nitrogens with zero attached hydrogens (tertiary/aromatic N) is 6. The predicted octanol–water partition coefficient (Wildman–Crippen LogP) is 8.44. The van der Waals surface area contributed by atoms with Crippen LogP contribution >= 0.6 is 15.9 Å². The number of hydrogen-bond acceptors (Lipinski definition) is 9. The number of aldehydes is 1. The zero-order valence-electron chi connectivity index (χ0n) is 31.3. The van der Waals surface area contributed by atoms with Crippen molar-refractivity contribution in [1.29, 1.82) is 0 Å². The van der Waals surface area contributed by atoms with Gasteiger partial charge < -0.3 is 24.0 Å². The molecule has 0 radical (unpaired) electrons. The largest absolute Gasteiger partial charge is 0.444 e. The molecule has 3 aromatic rings. The maximum atomic E-state index is 13.3. The number of amides is 1. The Morgan fingerprint density at radius 2 is 1.58 bits per heavy atom. The maximum absolute atomic E-state index is 13.3. The fourth-order valence-electron chi connectivity index (χ4n) is 6.64. The molecule has 0 aromatic carbocycles. The van der Waals surface area contributed by atoms with Crippen LogP contribution in [-0.2, 0) is 14.2 Å². The molecule has 5 rings (SSSR count). The van der Waals surface area contributed by atoms with Crippen molar-refractivity contribution in [2.24, 2.45) is 0 Å². The first-order valence-electron chi connectivity index (χ1n) is 17.8. The van der Waals surface area contributed by atoms with Crippen molar-refractivity contribution in [3.8, 4) is 11.1 Å². The summed E-state index contributed by atoms with van der Waals surface area (Å²) >= 11 is 4.03. The van der Waals surface area contributed by atoms with Gasteiger partial charge in [-0.15, -0.1) is 0 Å². The first-order valence-corrected chi connectivity index (χ1v) is 26.1. The Labute approximate surface area is 307 Å². The molecule has 2 fully saturated rings. The number of anilines is 1. The maximum Gasteiger partial charge on any atom is 0.410 e. The van der Waals surface area contributed by atoms with Crippen molar-refractivity contribution in [3.05, 3.63) is 40.4 Å². The average molecular weight is 788 g/mol. The second kappa shape index (κ2) is 15.5. The Balaban J connectivity index is 1.55. The third kappa shape index (κ3) is 9.61. The van der Waals surface area contributed by atoms with Crippen molar-refractivity contribution in [2.75, 3.05) is 31.6 Å². The molecule has 5 heterocycles. The van der Waals surface area contributed by atoms with Gasteiger partial charge in [-0.1, -0.05) is 45.3 Å². The fourth-order valence-corrected chi connectivity index (χ4v) is 8.98. The third-order valence-corrected chi connectivity index (χ3v) is 13.5. The number of carbonyl (C=O) groups excluding carboxylic acids is 2. The lowest BCUT2D eigenvalue weighted by Crippen LogP contribution is -2.48. The highest BCUT2D eigenvalue weighted by Gasteiger charge is 2.46. The second-order valence-electron chi connectivity index (χ2n) is 17.2. The normalized spacial score (nSPS) is 19.6. The summed E-state index contributed by atoms with van der Waals surface area (Å²) in [6, 6.07) is 5.87. The van der Waals surface area contributed by atoms with E-state index in [0.29, 0.717) is 38.0 Å². The summed E-state index contributed by atoms with van der Waals surface area (Å²) in [5.41, 5.74) is 3.08. The first kappa shape index (κ1) is 38.6. The quantitative estimate of drug-likeness (QED) is 0.0688. The van der Waals surface area contributed by atoms with Gasteiger partial charge in [0.25, 0.3) is 0 Å². The lowest BCUT2D eigenvalue weighted by molar-refractivity contribution is 0.00565. The minimum atomic E-state index is -1.29. The number of hydrogen-bond donors (Lipinski definition) is 0. The van der Waals surface area contributed by atoms with Gasteiger partial charge in [0, 0.05) is 64.7 Å². The van der Waals surface area contributed by atoms with Gasteiger partial charge in [-0.05, 0) is 80.5 Å². The molecule has 0 N–H and O–H groups in total. The highest BCUT2D eigenvalue weighted by Crippen LogP contribution is 2.47. The van der Waals surface area contributed by atoms with Gasteiger partial charge in [0.2, 0.25) is 0 Å². The molecule has 2 aliphatic heterocycles. The van der Waals surface area contributed by atoms with Crippen molar-refractivity contribution in [2.45, 2.75) is 121 Å². The van der Waals surface area contributed by atoms with Crippen LogP contribution in [0, 0.1) is 0 Å². The van der Waals surface area contributed by atoms with E-state index in [1.807, 2.05) is 42.4 Å². The van der Waals surface area contributed by atoms with Crippen molar-refractivity contribution < 1.29 is 23.8 Å². The number of halogens is 1. The summed E-state index contributed by atoms with van der Waals surface area (Å²) in [7, 11) is -2.59. The van der Waals surface area contributed by atoms with E-state index in [2.05, 4.69) is 65.1 Å². The van der Waals surface area contributed by atoms with E-state index in [4.69, 9.17) is 24.3 Å². The van der Waals surface area contributed by atoms with Crippen LogP contribution in [0.25, 0.3) is 16.8 Å². The molecule has 3 atom stereocenters. The standard InChI is InChI=1S/C36H55BrN6O5Si2/c1-36(2,3)48-35(45)42-28-12-13-29(42)19-26(18-28)32-31(37)34(41(23-46-14-16-49(4,5)6)24-47-15-17-50(7,8)9)43-33(40-32)30(21-39-43)25-10-11-27(22-44)38-20-25/h10-11,20-22,26,28-29H,12-19,23-24H2,1-9H3/t26-,28+,29-. The monoisotopic (exact) mass is 786 g/mol. The third-order valence-electron chi connectivity index (χ3n) is 9.32. The van der Waals surface area contributed by atoms with Crippen LogP contribution in [0.15, 0.2) is 29.0 Å². The molecule has 0 saturated carbocycles. The van der Waals surface area contributed by atoms with Gasteiger partial charge in [-0.3, -0.25) is 9.78 Å². The van der Waals surface area contributed by atoms with Gasteiger partial charge in [0.1, 0.15) is 24.8 Å². The van der Waals surface area contributed by atoms with E-state index >= 15 is 0 Å². The van der Waals surface area contributed by atoms with Crippen LogP contribution in [0.4, 0.5) is 10.6 Å². The summed E-state index contributed by atoms with van der Waals surface area (Å²) < 4.78 is 21.3. The van der Waals surface area contributed by atoms with Crippen LogP contribution in [-0.4, -0.2) is 97.4 Å². The summed E-state index contributed by atoms with van der Waals surface area (Å²) in [6.45, 7) is 21.9. The molecule has 2 aliphatic rings. The van der Waals surface area contributed by atoms with Gasteiger partial charge in [0.15, 0.2) is 17.8 Å². The smallest absolute Gasteiger partial charge is 0.410 e. The first-order chi connectivity index (χ1) is 23.4. The van der Waals surface area contributed by atoms with Crippen molar-refractivity contribution in [3.63, 3.8) is 0 Å². The fraction of sp³-hybridized carbons (Fsp3) is 0.639. The number of ether oxygens (including phenoxy) is 3. The summed E-state index contributed by atoms with van der Waals surface area (Å²) in [6.07, 6.45) is 7.48. The second-order valence-corrected chi connectivity index (χ2v) is 29.2. The molecule has 50 heavy (non-hydrogen) atoms. The highest BCUT2D eigenvalue weighted by molar-refractivity contribution is 9.10. The van der Waals surface area contributed by atoms with E-state index in [9.17, 15) is 9.59 Å². The molecule has 0 unspecified atom stereocenters. The lowest BCUT2D eigenvalue weighted by Gasteiger charge is -2.39. The van der Waals surface area contributed by atoms with E-state index in [1.165, 1.54) is 0 Å². The number of piperidine rings is 1. The number of pyridine rings is 1. The molecule has 1 amide bonds. The predicted molar refractivity (Wildman–Crippen MR) is 207 cm³/mol. The molecule has 14 heteroatoms. The van der Waals surface area contributed by atoms with Gasteiger partial charge in [0.05, 0.1) is 16.4 Å². The zero-order valence-corrected chi connectivity index (χ0v) is 34.9. The minimum Gasteiger partial charge on any atom is -0.444 e. The molecular weight excluding hydrogens is 733 g/mol. The van der Waals surface area contributed by atoms with Gasteiger partial charge >= 0.3 is 6.09 Å². The Morgan fingerprint density at radius 1 is 0.980 bits per heavy atom. The molecule has 0 spiro atoms. The average Bonchev–Trinajstić information content (AvgIpc) is 3.56. The number of fused-ring (bicyclic) bond motifs is 3. The van der Waals surface area contributed by atoms with Gasteiger partial charge in [-0.25, -0.2) is 9.78 Å². The highest BCUT2D eigenvalue weighted by atomic mass is 79.9. The summed E-state index contributed by atoms with van der Waals surface area (Å²) in [4.78, 5) is 38.4. The summed E-state index contributed by atoms with van der Waals surface area (Å²) in [5.74, 6) is 0.918. The Kier molecular flexibility index (Phi) is 12.0. The zero-order chi connectivity index (χ0) is 36.4. The van der Waals surface area contributed by atoms with E-state index < -0.39 is 21.7 Å². The number of aromatic nitrogens is 4. The van der Waals surface area contributed by atoms with E-state index in [0.717, 1.165) is 71.2 Å². The van der Waals surface area contributed by atoms with Crippen LogP contribution in [0.1, 0.15) is 68.6 Å². The van der Waals surface area contributed by atoms with Crippen LogP contribution < -0.4 is 4.90 Å². The SMILES string of the molecule is CC(C)(C)OC(=O)N1[C@@H]2CC[C@H]1C[C@@H](c1nc3c(-c4ccc(C=O)nc4)cnn3c(N(COCC[Si](C)(C)C)COCC[Si](C)(C)C)c1Br)C2. The molecule has 0 aliphatic carbocycles. The molecule has 274 valence electrons. The molecular formula is C36H55BrN6O5Si2. The molecule has 2 bridgehead atoms. The molecule has 11 nitrogen and oxygen atoms in total. The topological polar surface area (TPSA) is 111 Å². The van der Waals surface area contributed by atoms with E-state index in [1.54, 1.807) is 12.3 Å². The Hall–Kier alpha value is -2.66. The Morgan fingerprint density at radius 3 is 2.08 bits per heavy atom. The van der Waals surface area contributed by atoms with Crippen molar-refractivity contribution in [1.82, 2.24) is 24.5 Å². The summed E-state index contributed by atoms with van der Waals surface area (Å²) in [5, 5.41) is 4.87. The van der Waals surface area contributed by atoms with Crippen LogP contribution in [0.3, 0.4) is 0 Å².